The molecule has 5 heteroatoms. The minimum absolute atomic E-state index is 0.237. The molecule has 0 unspecified atom stereocenters. The Bertz CT molecular complexity index is 333. The van der Waals surface area contributed by atoms with Crippen molar-refractivity contribution in [3.05, 3.63) is 35.1 Å². The van der Waals surface area contributed by atoms with E-state index < -0.39 is 17.6 Å². The number of benzene rings is 1. The Morgan fingerprint density at radius 1 is 1.27 bits per heavy atom. The quantitative estimate of drug-likeness (QED) is 0.774. The number of hydrogen-bond donors (Lipinski definition) is 1. The van der Waals surface area contributed by atoms with E-state index in [9.17, 15) is 17.6 Å². The highest BCUT2D eigenvalue weighted by molar-refractivity contribution is 5.26. The molecule has 0 amide bonds. The van der Waals surface area contributed by atoms with Gasteiger partial charge >= 0.3 is 6.18 Å². The van der Waals surface area contributed by atoms with Gasteiger partial charge in [-0.15, -0.1) is 0 Å². The van der Waals surface area contributed by atoms with Crippen LogP contribution in [0.2, 0.25) is 0 Å². The van der Waals surface area contributed by atoms with E-state index in [0.717, 1.165) is 12.1 Å². The van der Waals surface area contributed by atoms with Gasteiger partial charge in [-0.2, -0.15) is 13.2 Å². The number of alkyl halides is 3. The largest absolute Gasteiger partial charge is 0.416 e. The predicted molar refractivity (Wildman–Crippen MR) is 48.8 cm³/mol. The van der Waals surface area contributed by atoms with Crippen molar-refractivity contribution in [2.24, 2.45) is 0 Å². The molecule has 0 aromatic heterocycles. The van der Waals surface area contributed by atoms with E-state index in [2.05, 4.69) is 5.32 Å². The van der Waals surface area contributed by atoms with E-state index >= 15 is 0 Å². The molecule has 0 aliphatic rings. The molecule has 0 aliphatic carbocycles. The average Bonchev–Trinajstić information content (AvgIpc) is 2.14. The van der Waals surface area contributed by atoms with Crippen molar-refractivity contribution in [2.75, 3.05) is 6.54 Å². The lowest BCUT2D eigenvalue weighted by Crippen LogP contribution is -2.14. The normalized spacial score (nSPS) is 11.8. The molecule has 1 nitrogen and oxygen atoms in total. The van der Waals surface area contributed by atoms with Gasteiger partial charge in [-0.3, -0.25) is 0 Å². The Morgan fingerprint density at radius 2 is 1.93 bits per heavy atom. The van der Waals surface area contributed by atoms with E-state index in [0.29, 0.717) is 12.6 Å². The van der Waals surface area contributed by atoms with E-state index in [1.54, 1.807) is 0 Å². The summed E-state index contributed by atoms with van der Waals surface area (Å²) in [7, 11) is 0. The van der Waals surface area contributed by atoms with Crippen molar-refractivity contribution in [2.45, 2.75) is 19.6 Å². The Morgan fingerprint density at radius 3 is 2.40 bits per heavy atom. The fraction of sp³-hybridized carbons (Fsp3) is 0.400. The van der Waals surface area contributed by atoms with Crippen LogP contribution in [0.4, 0.5) is 17.6 Å². The zero-order valence-corrected chi connectivity index (χ0v) is 8.16. The lowest BCUT2D eigenvalue weighted by Gasteiger charge is -2.09. The molecule has 0 atom stereocenters. The molecule has 15 heavy (non-hydrogen) atoms. The topological polar surface area (TPSA) is 12.0 Å². The van der Waals surface area contributed by atoms with Gasteiger partial charge in [-0.1, -0.05) is 13.0 Å². The minimum atomic E-state index is -4.49. The van der Waals surface area contributed by atoms with Crippen LogP contribution >= 0.6 is 0 Å². The maximum atomic E-state index is 13.2. The Labute approximate surface area is 85.1 Å². The molecule has 0 fully saturated rings. The first kappa shape index (κ1) is 12.0. The molecular formula is C10H11F4N. The number of rotatable bonds is 3. The predicted octanol–water partition coefficient (Wildman–Crippen LogP) is 2.95. The maximum Gasteiger partial charge on any atom is 0.416 e. The summed E-state index contributed by atoms with van der Waals surface area (Å²) in [4.78, 5) is 0. The number of hydrogen-bond acceptors (Lipinski definition) is 1. The Kier molecular flexibility index (Phi) is 3.68. The SMILES string of the molecule is CCNCc1ccc(C(F)(F)F)cc1F. The zero-order valence-electron chi connectivity index (χ0n) is 8.16. The molecule has 0 radical (unpaired) electrons. The summed E-state index contributed by atoms with van der Waals surface area (Å²) in [6.45, 7) is 2.71. The van der Waals surface area contributed by atoms with Gasteiger partial charge in [0.1, 0.15) is 5.82 Å². The number of halogens is 4. The third kappa shape index (κ3) is 3.20. The van der Waals surface area contributed by atoms with Crippen LogP contribution in [0.3, 0.4) is 0 Å². The van der Waals surface area contributed by atoms with Gasteiger partial charge in [0, 0.05) is 12.1 Å². The Hall–Kier alpha value is -1.10. The van der Waals surface area contributed by atoms with Crippen LogP contribution in [0, 0.1) is 5.82 Å². The lowest BCUT2D eigenvalue weighted by atomic mass is 10.1. The van der Waals surface area contributed by atoms with Gasteiger partial charge in [-0.25, -0.2) is 4.39 Å². The molecule has 0 spiro atoms. The highest BCUT2D eigenvalue weighted by Gasteiger charge is 2.30. The average molecular weight is 221 g/mol. The smallest absolute Gasteiger partial charge is 0.313 e. The zero-order chi connectivity index (χ0) is 11.5. The summed E-state index contributed by atoms with van der Waals surface area (Å²) >= 11 is 0. The molecular weight excluding hydrogens is 210 g/mol. The van der Waals surface area contributed by atoms with Crippen molar-refractivity contribution in [3.8, 4) is 0 Å². The lowest BCUT2D eigenvalue weighted by molar-refractivity contribution is -0.137. The van der Waals surface area contributed by atoms with Crippen molar-refractivity contribution < 1.29 is 17.6 Å². The van der Waals surface area contributed by atoms with Crippen molar-refractivity contribution in [1.82, 2.24) is 5.32 Å². The third-order valence-corrected chi connectivity index (χ3v) is 1.95. The van der Waals surface area contributed by atoms with E-state index in [1.807, 2.05) is 6.92 Å². The third-order valence-electron chi connectivity index (χ3n) is 1.95. The molecule has 84 valence electrons. The van der Waals surface area contributed by atoms with E-state index in [-0.39, 0.29) is 12.1 Å². The van der Waals surface area contributed by atoms with E-state index in [1.165, 1.54) is 0 Å². The van der Waals surface area contributed by atoms with Gasteiger partial charge in [0.15, 0.2) is 0 Å². The Balaban J connectivity index is 2.88. The van der Waals surface area contributed by atoms with Gasteiger partial charge in [0.25, 0.3) is 0 Å². The van der Waals surface area contributed by atoms with Crippen LogP contribution in [0.15, 0.2) is 18.2 Å². The first-order chi connectivity index (χ1) is 6.95. The van der Waals surface area contributed by atoms with Gasteiger partial charge in [0.05, 0.1) is 5.56 Å². The first-order valence-corrected chi connectivity index (χ1v) is 4.51. The highest BCUT2D eigenvalue weighted by atomic mass is 19.4. The highest BCUT2D eigenvalue weighted by Crippen LogP contribution is 2.30. The van der Waals surface area contributed by atoms with Gasteiger partial charge < -0.3 is 5.32 Å². The molecule has 1 N–H and O–H groups in total. The second-order valence-corrected chi connectivity index (χ2v) is 3.08. The van der Waals surface area contributed by atoms with Gasteiger partial charge in [-0.05, 0) is 18.7 Å². The van der Waals surface area contributed by atoms with Crippen molar-refractivity contribution in [3.63, 3.8) is 0 Å². The van der Waals surface area contributed by atoms with Crippen LogP contribution in [-0.2, 0) is 12.7 Å². The molecule has 0 aliphatic heterocycles. The molecule has 0 heterocycles. The van der Waals surface area contributed by atoms with Crippen LogP contribution < -0.4 is 5.32 Å². The molecule has 1 aromatic carbocycles. The van der Waals surface area contributed by atoms with Crippen LogP contribution in [0.25, 0.3) is 0 Å². The monoisotopic (exact) mass is 221 g/mol. The summed E-state index contributed by atoms with van der Waals surface area (Å²) in [5, 5.41) is 2.84. The van der Waals surface area contributed by atoms with Crippen molar-refractivity contribution >= 4 is 0 Å². The fourth-order valence-electron chi connectivity index (χ4n) is 1.13. The molecule has 1 rings (SSSR count). The van der Waals surface area contributed by atoms with Crippen LogP contribution in [0.1, 0.15) is 18.1 Å². The molecule has 0 bridgehead atoms. The van der Waals surface area contributed by atoms with Crippen LogP contribution in [0.5, 0.6) is 0 Å². The number of nitrogens with one attached hydrogen (secondary N) is 1. The maximum absolute atomic E-state index is 13.2. The summed E-state index contributed by atoms with van der Waals surface area (Å²) in [6.07, 6.45) is -4.49. The summed E-state index contributed by atoms with van der Waals surface area (Å²) in [6, 6.07) is 2.56. The summed E-state index contributed by atoms with van der Waals surface area (Å²) < 4.78 is 49.7. The second-order valence-electron chi connectivity index (χ2n) is 3.08. The standard InChI is InChI=1S/C10H11F4N/c1-2-15-6-7-3-4-8(5-9(7)11)10(12,13)14/h3-5,15H,2,6H2,1H3. The molecule has 1 aromatic rings. The molecule has 0 saturated carbocycles. The van der Waals surface area contributed by atoms with Crippen molar-refractivity contribution in [1.29, 1.82) is 0 Å². The summed E-state index contributed by atoms with van der Waals surface area (Å²) in [5.74, 6) is -0.828. The second kappa shape index (κ2) is 4.61. The first-order valence-electron chi connectivity index (χ1n) is 4.51. The minimum Gasteiger partial charge on any atom is -0.313 e. The fourth-order valence-corrected chi connectivity index (χ4v) is 1.13. The van der Waals surface area contributed by atoms with Crippen LogP contribution in [-0.4, -0.2) is 6.54 Å². The van der Waals surface area contributed by atoms with E-state index in [4.69, 9.17) is 0 Å². The summed E-state index contributed by atoms with van der Waals surface area (Å²) in [5.41, 5.74) is -0.718. The molecule has 0 saturated heterocycles. The van der Waals surface area contributed by atoms with Gasteiger partial charge in [0.2, 0.25) is 0 Å².